The Morgan fingerprint density at radius 3 is 2.43 bits per heavy atom. The van der Waals surface area contributed by atoms with Crippen LogP contribution in [0.4, 0.5) is 9.59 Å². The second kappa shape index (κ2) is 10.3. The van der Waals surface area contributed by atoms with Gasteiger partial charge in [0.25, 0.3) is 11.8 Å². The predicted octanol–water partition coefficient (Wildman–Crippen LogP) is 3.37. The fourth-order valence-corrected chi connectivity index (χ4v) is 7.93. The van der Waals surface area contributed by atoms with E-state index in [0.717, 1.165) is 50.5 Å². The van der Waals surface area contributed by atoms with Gasteiger partial charge in [0, 0.05) is 24.3 Å². The fraction of sp³-hybridized carbons (Fsp3) is 0.516. The molecule has 42 heavy (non-hydrogen) atoms. The molecular weight excluding hydrogens is 538 g/mol. The fourth-order valence-electron chi connectivity index (χ4n) is 7.93. The molecule has 3 saturated carbocycles. The van der Waals surface area contributed by atoms with Crippen molar-refractivity contribution in [3.05, 3.63) is 59.8 Å². The summed E-state index contributed by atoms with van der Waals surface area (Å²) in [6.07, 6.45) is 7.53. The van der Waals surface area contributed by atoms with Crippen molar-refractivity contribution in [2.75, 3.05) is 0 Å². The number of urea groups is 1. The van der Waals surface area contributed by atoms with Crippen molar-refractivity contribution >= 4 is 23.9 Å². The van der Waals surface area contributed by atoms with E-state index in [1.807, 2.05) is 35.2 Å². The smallest absolute Gasteiger partial charge is 0.410 e. The monoisotopic (exact) mass is 573 g/mol. The number of piperidine rings is 1. The van der Waals surface area contributed by atoms with E-state index in [-0.39, 0.29) is 71.6 Å². The standard InChI is InChI=1S/C31H35N5O6/c32-26(37)24-7-4-8-33-27(24)42-23-15-31(16-23)13-22(14-31)36-28(38)25(34-29(36)39)11-19-9-20-12-21(10-19)35(20)30(40)41-17-18-5-2-1-3-6-18/h1-8,19-23,25H,9-17H2,(H2,32,37)(H,34,39)/t19?,20-,21+,22?,23?,25?,31?. The Morgan fingerprint density at radius 1 is 0.976 bits per heavy atom. The molecule has 3 saturated heterocycles. The highest BCUT2D eigenvalue weighted by atomic mass is 16.6. The average Bonchev–Trinajstić information content (AvgIpc) is 3.20. The number of primary amides is 1. The molecule has 6 aliphatic rings. The van der Waals surface area contributed by atoms with Crippen LogP contribution in [0.25, 0.3) is 0 Å². The molecule has 3 aliphatic carbocycles. The van der Waals surface area contributed by atoms with Crippen LogP contribution in [-0.4, -0.2) is 69.0 Å². The molecule has 6 fully saturated rings. The molecule has 11 heteroatoms. The van der Waals surface area contributed by atoms with E-state index in [1.54, 1.807) is 18.3 Å². The summed E-state index contributed by atoms with van der Waals surface area (Å²) in [5, 5.41) is 2.93. The molecule has 8 rings (SSSR count). The molecule has 4 heterocycles. The van der Waals surface area contributed by atoms with Crippen molar-refractivity contribution < 1.29 is 28.7 Å². The largest absolute Gasteiger partial charge is 0.474 e. The van der Waals surface area contributed by atoms with Crippen molar-refractivity contribution in [3.8, 4) is 5.88 Å². The third-order valence-electron chi connectivity index (χ3n) is 9.92. The van der Waals surface area contributed by atoms with Gasteiger partial charge in [-0.05, 0) is 80.4 Å². The van der Waals surface area contributed by atoms with Crippen LogP contribution in [0, 0.1) is 11.3 Å². The molecule has 220 valence electrons. The average molecular weight is 574 g/mol. The first-order chi connectivity index (χ1) is 20.3. The van der Waals surface area contributed by atoms with E-state index in [4.69, 9.17) is 15.2 Å². The second-order valence-corrected chi connectivity index (χ2v) is 12.7. The first-order valence-corrected chi connectivity index (χ1v) is 14.8. The predicted molar refractivity (Wildman–Crippen MR) is 149 cm³/mol. The SMILES string of the molecule is NC(=O)c1cccnc1OC1CC2(C1)CC(N1C(=O)NC(CC3C[C@@H]4C[C@H](C3)N4C(=O)OCc3ccccc3)C1=O)C2. The van der Waals surface area contributed by atoms with E-state index >= 15 is 0 Å². The van der Waals surface area contributed by atoms with Crippen LogP contribution in [0.3, 0.4) is 0 Å². The minimum atomic E-state index is -0.576. The molecule has 2 unspecified atom stereocenters. The van der Waals surface area contributed by atoms with Gasteiger partial charge >= 0.3 is 12.1 Å². The van der Waals surface area contributed by atoms with E-state index in [9.17, 15) is 19.2 Å². The molecule has 2 aromatic rings. The minimum Gasteiger partial charge on any atom is -0.474 e. The summed E-state index contributed by atoms with van der Waals surface area (Å²) >= 11 is 0. The van der Waals surface area contributed by atoms with Crippen molar-refractivity contribution in [3.63, 3.8) is 0 Å². The van der Waals surface area contributed by atoms with Gasteiger partial charge in [-0.25, -0.2) is 14.6 Å². The van der Waals surface area contributed by atoms with Gasteiger partial charge in [-0.3, -0.25) is 14.5 Å². The number of rotatable bonds is 8. The summed E-state index contributed by atoms with van der Waals surface area (Å²) in [5.41, 5.74) is 6.70. The lowest BCUT2D eigenvalue weighted by Crippen LogP contribution is -2.63. The number of nitrogens with two attached hydrogens (primary N) is 1. The number of hydrogen-bond acceptors (Lipinski definition) is 7. The van der Waals surface area contributed by atoms with Crippen molar-refractivity contribution in [2.24, 2.45) is 17.1 Å². The molecule has 5 amide bonds. The number of amides is 5. The summed E-state index contributed by atoms with van der Waals surface area (Å²) in [6.45, 7) is 0.258. The summed E-state index contributed by atoms with van der Waals surface area (Å²) in [7, 11) is 0. The van der Waals surface area contributed by atoms with Crippen molar-refractivity contribution in [1.29, 1.82) is 0 Å². The second-order valence-electron chi connectivity index (χ2n) is 12.7. The third kappa shape index (κ3) is 4.74. The van der Waals surface area contributed by atoms with Crippen LogP contribution in [0.2, 0.25) is 0 Å². The topological polar surface area (TPSA) is 144 Å². The number of benzene rings is 1. The first-order valence-electron chi connectivity index (χ1n) is 14.8. The minimum absolute atomic E-state index is 0.0544. The number of hydrogen-bond donors (Lipinski definition) is 2. The zero-order chi connectivity index (χ0) is 29.0. The Labute approximate surface area is 243 Å². The molecule has 1 spiro atoms. The lowest BCUT2D eigenvalue weighted by atomic mass is 9.52. The lowest BCUT2D eigenvalue weighted by Gasteiger charge is -2.58. The van der Waals surface area contributed by atoms with Crippen LogP contribution in [0.1, 0.15) is 67.3 Å². The zero-order valence-electron chi connectivity index (χ0n) is 23.3. The van der Waals surface area contributed by atoms with Crippen LogP contribution >= 0.6 is 0 Å². The van der Waals surface area contributed by atoms with E-state index in [0.29, 0.717) is 6.42 Å². The summed E-state index contributed by atoms with van der Waals surface area (Å²) in [5.74, 6) is -0.182. The molecule has 3 aliphatic heterocycles. The van der Waals surface area contributed by atoms with Gasteiger partial charge in [0.1, 0.15) is 24.3 Å². The van der Waals surface area contributed by atoms with Crippen LogP contribution in [-0.2, 0) is 16.1 Å². The number of nitrogens with zero attached hydrogens (tertiary/aromatic N) is 3. The molecule has 4 atom stereocenters. The molecular formula is C31H35N5O6. The van der Waals surface area contributed by atoms with Gasteiger partial charge in [0.15, 0.2) is 0 Å². The zero-order valence-corrected chi connectivity index (χ0v) is 23.3. The molecule has 3 N–H and O–H groups in total. The number of nitrogens with one attached hydrogen (secondary N) is 1. The Morgan fingerprint density at radius 2 is 1.71 bits per heavy atom. The Balaban J connectivity index is 0.868. The van der Waals surface area contributed by atoms with Gasteiger partial charge in [-0.15, -0.1) is 0 Å². The quantitative estimate of drug-likeness (QED) is 0.461. The highest BCUT2D eigenvalue weighted by Crippen LogP contribution is 2.58. The van der Waals surface area contributed by atoms with Crippen LogP contribution in [0.5, 0.6) is 5.88 Å². The maximum absolute atomic E-state index is 13.3. The van der Waals surface area contributed by atoms with Crippen molar-refractivity contribution in [2.45, 2.75) is 88.2 Å². The number of ether oxygens (including phenoxy) is 2. The Bertz CT molecular complexity index is 1390. The Kier molecular flexibility index (Phi) is 6.55. The van der Waals surface area contributed by atoms with Crippen molar-refractivity contribution in [1.82, 2.24) is 20.1 Å². The molecule has 1 aromatic heterocycles. The van der Waals surface area contributed by atoms with Gasteiger partial charge in [-0.2, -0.15) is 0 Å². The number of aromatic nitrogens is 1. The normalized spacial score (nSPS) is 32.9. The molecule has 1 aromatic carbocycles. The highest BCUT2D eigenvalue weighted by molar-refractivity contribution is 6.04. The number of fused-ring (bicyclic) bond motifs is 2. The summed E-state index contributed by atoms with van der Waals surface area (Å²) in [6, 6.07) is 12.2. The third-order valence-corrected chi connectivity index (χ3v) is 9.92. The first kappa shape index (κ1) is 26.7. The maximum atomic E-state index is 13.3. The van der Waals surface area contributed by atoms with E-state index in [2.05, 4.69) is 10.3 Å². The lowest BCUT2D eigenvalue weighted by molar-refractivity contribution is -0.141. The van der Waals surface area contributed by atoms with Crippen LogP contribution in [0.15, 0.2) is 48.7 Å². The van der Waals surface area contributed by atoms with Gasteiger partial charge in [0.2, 0.25) is 5.88 Å². The van der Waals surface area contributed by atoms with Gasteiger partial charge in [-0.1, -0.05) is 30.3 Å². The van der Waals surface area contributed by atoms with E-state index in [1.165, 1.54) is 4.90 Å². The maximum Gasteiger partial charge on any atom is 0.410 e. The molecule has 11 nitrogen and oxygen atoms in total. The summed E-state index contributed by atoms with van der Waals surface area (Å²) < 4.78 is 11.5. The summed E-state index contributed by atoms with van der Waals surface area (Å²) in [4.78, 5) is 58.0. The van der Waals surface area contributed by atoms with Gasteiger partial charge in [0.05, 0.1) is 0 Å². The van der Waals surface area contributed by atoms with Crippen LogP contribution < -0.4 is 15.8 Å². The van der Waals surface area contributed by atoms with E-state index < -0.39 is 11.9 Å². The number of imide groups is 1. The molecule has 0 radical (unpaired) electrons. The molecule has 2 bridgehead atoms. The highest BCUT2D eigenvalue weighted by Gasteiger charge is 2.59. The number of carbonyl (C=O) groups is 4. The number of pyridine rings is 1. The Hall–Kier alpha value is -4.15. The van der Waals surface area contributed by atoms with Gasteiger partial charge < -0.3 is 25.4 Å². The number of carbonyl (C=O) groups excluding carboxylic acids is 4.